The van der Waals surface area contributed by atoms with Crippen LogP contribution in [0.15, 0.2) is 73.5 Å². The van der Waals surface area contributed by atoms with E-state index in [0.717, 1.165) is 80.6 Å². The molecule has 2 rings (SSSR count). The van der Waals surface area contributed by atoms with Crippen molar-refractivity contribution in [3.63, 3.8) is 0 Å². The summed E-state index contributed by atoms with van der Waals surface area (Å²) in [5, 5.41) is 0. The monoisotopic (exact) mass is 466 g/mol. The van der Waals surface area contributed by atoms with Gasteiger partial charge >= 0.3 is 0 Å². The zero-order valence-corrected chi connectivity index (χ0v) is 20.2. The summed E-state index contributed by atoms with van der Waals surface area (Å²) >= 11 is 0. The highest BCUT2D eigenvalue weighted by Crippen LogP contribution is 2.25. The average Bonchev–Trinajstić information content (AvgIpc) is 2.88. The van der Waals surface area contributed by atoms with Gasteiger partial charge in [0.1, 0.15) is 17.3 Å². The maximum absolute atomic E-state index is 10.1. The van der Waals surface area contributed by atoms with Crippen LogP contribution in [0.4, 0.5) is 0 Å². The highest BCUT2D eigenvalue weighted by Gasteiger charge is 2.01. The first-order valence-corrected chi connectivity index (χ1v) is 12.2. The van der Waals surface area contributed by atoms with Crippen LogP contribution in [0.5, 0.6) is 11.5 Å². The van der Waals surface area contributed by atoms with Crippen LogP contribution >= 0.6 is 0 Å². The maximum Gasteiger partial charge on any atom is 0.293 e. The Morgan fingerprint density at radius 2 is 1.09 bits per heavy atom. The summed E-state index contributed by atoms with van der Waals surface area (Å²) in [6.07, 6.45) is 9.91. The van der Waals surface area contributed by atoms with Gasteiger partial charge in [-0.05, 0) is 92.8 Å². The molecule has 0 aliphatic carbocycles. The van der Waals surface area contributed by atoms with E-state index in [1.54, 1.807) is 6.08 Å². The molecular formula is C29H38O5. The lowest BCUT2D eigenvalue weighted by Crippen LogP contribution is -1.98. The topological polar surface area (TPSA) is 54.0 Å². The number of unbranched alkanes of at least 4 members (excludes halogenated alkanes) is 6. The van der Waals surface area contributed by atoms with Gasteiger partial charge in [0.15, 0.2) is 0 Å². The summed E-state index contributed by atoms with van der Waals surface area (Å²) in [6.45, 7) is 10.5. The fourth-order valence-corrected chi connectivity index (χ4v) is 3.38. The van der Waals surface area contributed by atoms with E-state index in [9.17, 15) is 4.79 Å². The smallest absolute Gasteiger partial charge is 0.293 e. The summed E-state index contributed by atoms with van der Waals surface area (Å²) in [5.41, 5.74) is 2.30. The highest BCUT2D eigenvalue weighted by molar-refractivity contribution is 5.64. The summed E-state index contributed by atoms with van der Waals surface area (Å²) in [6, 6.07) is 16.4. The van der Waals surface area contributed by atoms with Gasteiger partial charge in [-0.25, -0.2) is 0 Å². The lowest BCUT2D eigenvalue weighted by molar-refractivity contribution is -0.128. The van der Waals surface area contributed by atoms with Crippen molar-refractivity contribution in [3.05, 3.63) is 73.5 Å². The highest BCUT2D eigenvalue weighted by atomic mass is 16.5. The Labute approximate surface area is 204 Å². The van der Waals surface area contributed by atoms with Crippen molar-refractivity contribution < 1.29 is 23.7 Å². The van der Waals surface area contributed by atoms with E-state index < -0.39 is 0 Å². The number of rotatable bonds is 20. The van der Waals surface area contributed by atoms with Gasteiger partial charge in [0.2, 0.25) is 0 Å². The van der Waals surface area contributed by atoms with Gasteiger partial charge in [0.25, 0.3) is 6.47 Å². The quantitative estimate of drug-likeness (QED) is 0.0900. The molecule has 0 aliphatic rings. The minimum Gasteiger partial charge on any atom is -0.494 e. The second-order valence-corrected chi connectivity index (χ2v) is 8.06. The lowest BCUT2D eigenvalue weighted by atomic mass is 10.1. The van der Waals surface area contributed by atoms with Crippen LogP contribution in [0.3, 0.4) is 0 Å². The third-order valence-electron chi connectivity index (χ3n) is 5.36. The second-order valence-electron chi connectivity index (χ2n) is 8.06. The van der Waals surface area contributed by atoms with Crippen molar-refractivity contribution in [1.82, 2.24) is 0 Å². The van der Waals surface area contributed by atoms with Crippen molar-refractivity contribution in [2.45, 2.75) is 51.4 Å². The van der Waals surface area contributed by atoms with Crippen molar-refractivity contribution in [1.29, 1.82) is 0 Å². The van der Waals surface area contributed by atoms with Crippen molar-refractivity contribution in [3.8, 4) is 22.6 Å². The Hall–Kier alpha value is -3.21. The normalized spacial score (nSPS) is 10.4. The Morgan fingerprint density at radius 1 is 0.647 bits per heavy atom. The van der Waals surface area contributed by atoms with Gasteiger partial charge in [-0.2, -0.15) is 0 Å². The minimum atomic E-state index is 0.501. The molecule has 0 saturated carbocycles. The van der Waals surface area contributed by atoms with Crippen molar-refractivity contribution in [2.75, 3.05) is 26.4 Å². The van der Waals surface area contributed by atoms with E-state index in [0.29, 0.717) is 32.1 Å². The van der Waals surface area contributed by atoms with Gasteiger partial charge in [-0.15, -0.1) is 0 Å². The molecule has 0 aliphatic heterocycles. The molecule has 0 saturated heterocycles. The first kappa shape index (κ1) is 27.0. The Morgan fingerprint density at radius 3 is 1.53 bits per heavy atom. The molecule has 0 radical (unpaired) electrons. The van der Waals surface area contributed by atoms with Crippen LogP contribution in [-0.2, 0) is 14.3 Å². The molecule has 0 bridgehead atoms. The molecule has 5 nitrogen and oxygen atoms in total. The van der Waals surface area contributed by atoms with Crippen LogP contribution in [0.25, 0.3) is 11.1 Å². The molecule has 0 N–H and O–H groups in total. The summed E-state index contributed by atoms with van der Waals surface area (Å²) < 4.78 is 21.8. The summed E-state index contributed by atoms with van der Waals surface area (Å²) in [7, 11) is 0. The number of carbonyl (C=O) groups is 1. The molecule has 0 aromatic heterocycles. The fourth-order valence-electron chi connectivity index (χ4n) is 3.38. The van der Waals surface area contributed by atoms with Crippen molar-refractivity contribution in [2.24, 2.45) is 0 Å². The number of allylic oxidation sites excluding steroid dienone is 1. The first-order chi connectivity index (χ1) is 16.7. The molecule has 0 heterocycles. The number of hydrogen-bond donors (Lipinski definition) is 0. The third-order valence-corrected chi connectivity index (χ3v) is 5.36. The van der Waals surface area contributed by atoms with Gasteiger partial charge in [-0.3, -0.25) is 4.79 Å². The van der Waals surface area contributed by atoms with E-state index in [-0.39, 0.29) is 0 Å². The zero-order valence-electron chi connectivity index (χ0n) is 20.2. The van der Waals surface area contributed by atoms with E-state index in [2.05, 4.69) is 42.2 Å². The SMILES string of the molecule is C=CC(=C)OCCCCCCOc1ccc(-c2ccc(OCCCCCCOC=O)cc2)cc1. The van der Waals surface area contributed by atoms with Gasteiger partial charge in [0, 0.05) is 0 Å². The van der Waals surface area contributed by atoms with Crippen LogP contribution < -0.4 is 9.47 Å². The molecule has 34 heavy (non-hydrogen) atoms. The Balaban J connectivity index is 1.59. The van der Waals surface area contributed by atoms with Crippen LogP contribution in [0, 0.1) is 0 Å². The van der Waals surface area contributed by atoms with E-state index in [4.69, 9.17) is 14.2 Å². The van der Waals surface area contributed by atoms with Crippen LogP contribution in [0.2, 0.25) is 0 Å². The van der Waals surface area contributed by atoms with Crippen molar-refractivity contribution >= 4 is 6.47 Å². The predicted octanol–water partition coefficient (Wildman–Crippen LogP) is 7.12. The fraction of sp³-hybridized carbons (Fsp3) is 0.414. The van der Waals surface area contributed by atoms with Gasteiger partial charge < -0.3 is 18.9 Å². The van der Waals surface area contributed by atoms with Crippen LogP contribution in [0.1, 0.15) is 51.4 Å². The molecule has 2 aromatic carbocycles. The van der Waals surface area contributed by atoms with Gasteiger partial charge in [-0.1, -0.05) is 37.4 Å². The Kier molecular flexibility index (Phi) is 13.7. The van der Waals surface area contributed by atoms with E-state index >= 15 is 0 Å². The largest absolute Gasteiger partial charge is 0.494 e. The number of ether oxygens (including phenoxy) is 4. The van der Waals surface area contributed by atoms with E-state index in [1.165, 1.54) is 0 Å². The molecule has 0 spiro atoms. The molecule has 184 valence electrons. The van der Waals surface area contributed by atoms with Gasteiger partial charge in [0.05, 0.1) is 26.4 Å². The number of carbonyl (C=O) groups excluding carboxylic acids is 1. The maximum atomic E-state index is 10.1. The minimum absolute atomic E-state index is 0.501. The summed E-state index contributed by atoms with van der Waals surface area (Å²) in [5.74, 6) is 2.41. The molecule has 0 unspecified atom stereocenters. The molecule has 5 heteroatoms. The molecule has 2 aromatic rings. The zero-order chi connectivity index (χ0) is 24.3. The predicted molar refractivity (Wildman–Crippen MR) is 137 cm³/mol. The number of benzene rings is 2. The first-order valence-electron chi connectivity index (χ1n) is 12.2. The third kappa shape index (κ3) is 11.6. The standard InChI is InChI=1S/C29H38O5/c1-3-25(2)32-21-9-6-7-11-23-34-29-18-14-27(15-19-29)26-12-16-28(17-13-26)33-22-10-5-4-8-20-31-24-30/h3,12-19,24H,1-2,4-11,20-23H2. The summed E-state index contributed by atoms with van der Waals surface area (Å²) in [4.78, 5) is 10.1. The molecular weight excluding hydrogens is 428 g/mol. The molecule has 0 atom stereocenters. The molecule has 0 amide bonds. The van der Waals surface area contributed by atoms with Crippen LogP contribution in [-0.4, -0.2) is 32.9 Å². The van der Waals surface area contributed by atoms with E-state index in [1.807, 2.05) is 24.3 Å². The Bertz CT molecular complexity index is 827. The molecule has 0 fully saturated rings. The second kappa shape index (κ2) is 17.3. The number of hydrogen-bond acceptors (Lipinski definition) is 5. The average molecular weight is 467 g/mol. The lowest BCUT2D eigenvalue weighted by Gasteiger charge is -2.09.